The number of nitrogens with zero attached hydrogens (tertiary/aromatic N) is 2. The summed E-state index contributed by atoms with van der Waals surface area (Å²) in [5.41, 5.74) is 0. The van der Waals surface area contributed by atoms with Crippen LogP contribution in [-0.2, 0) is 0 Å². The summed E-state index contributed by atoms with van der Waals surface area (Å²) in [4.78, 5) is 6.85. The highest BCUT2D eigenvalue weighted by Crippen LogP contribution is 2.22. The molecule has 1 fully saturated rings. The highest BCUT2D eigenvalue weighted by molar-refractivity contribution is 9.10. The molecule has 14 heavy (non-hydrogen) atoms. The summed E-state index contributed by atoms with van der Waals surface area (Å²) >= 11 is 3.41. The van der Waals surface area contributed by atoms with E-state index in [2.05, 4.69) is 38.8 Å². The van der Waals surface area contributed by atoms with Crippen molar-refractivity contribution in [2.75, 3.05) is 18.0 Å². The second-order valence-electron chi connectivity index (χ2n) is 4.01. The maximum absolute atomic E-state index is 4.47. The van der Waals surface area contributed by atoms with E-state index in [1.165, 1.54) is 12.8 Å². The Bertz CT molecular complexity index is 314. The van der Waals surface area contributed by atoms with E-state index in [0.717, 1.165) is 29.4 Å². The summed E-state index contributed by atoms with van der Waals surface area (Å²) < 4.78 is 0.924. The lowest BCUT2D eigenvalue weighted by molar-refractivity contribution is 0.444. The summed E-state index contributed by atoms with van der Waals surface area (Å²) in [7, 11) is 0. The SMILES string of the molecule is C[C@@H]1CCCN(c2cccc(Br)n2)C1. The second-order valence-corrected chi connectivity index (χ2v) is 4.82. The average molecular weight is 255 g/mol. The number of pyridine rings is 1. The van der Waals surface area contributed by atoms with Crippen molar-refractivity contribution in [1.29, 1.82) is 0 Å². The molecule has 76 valence electrons. The summed E-state index contributed by atoms with van der Waals surface area (Å²) in [6.45, 7) is 4.60. The number of halogens is 1. The molecule has 2 heterocycles. The molecule has 0 unspecified atom stereocenters. The molecule has 0 bridgehead atoms. The fourth-order valence-corrected chi connectivity index (χ4v) is 2.31. The molecule has 2 rings (SSSR count). The number of aromatic nitrogens is 1. The van der Waals surface area contributed by atoms with Gasteiger partial charge < -0.3 is 4.90 Å². The van der Waals surface area contributed by atoms with Crippen LogP contribution in [0.3, 0.4) is 0 Å². The fraction of sp³-hybridized carbons (Fsp3) is 0.545. The lowest BCUT2D eigenvalue weighted by Crippen LogP contribution is -2.34. The van der Waals surface area contributed by atoms with Gasteiger partial charge in [0.1, 0.15) is 10.4 Å². The van der Waals surface area contributed by atoms with Crippen LogP contribution >= 0.6 is 15.9 Å². The Morgan fingerprint density at radius 2 is 2.36 bits per heavy atom. The van der Waals surface area contributed by atoms with E-state index >= 15 is 0 Å². The smallest absolute Gasteiger partial charge is 0.129 e. The molecule has 0 aliphatic carbocycles. The topological polar surface area (TPSA) is 16.1 Å². The highest BCUT2D eigenvalue weighted by Gasteiger charge is 2.17. The Labute approximate surface area is 93.5 Å². The molecule has 3 heteroatoms. The molecule has 1 saturated heterocycles. The van der Waals surface area contributed by atoms with Crippen molar-refractivity contribution in [1.82, 2.24) is 4.98 Å². The van der Waals surface area contributed by atoms with E-state index in [-0.39, 0.29) is 0 Å². The van der Waals surface area contributed by atoms with E-state index in [1.807, 2.05) is 12.1 Å². The van der Waals surface area contributed by atoms with Crippen molar-refractivity contribution < 1.29 is 0 Å². The third-order valence-electron chi connectivity index (χ3n) is 2.68. The summed E-state index contributed by atoms with van der Waals surface area (Å²) in [5.74, 6) is 1.90. The van der Waals surface area contributed by atoms with Crippen LogP contribution in [0.2, 0.25) is 0 Å². The monoisotopic (exact) mass is 254 g/mol. The zero-order chi connectivity index (χ0) is 9.97. The summed E-state index contributed by atoms with van der Waals surface area (Å²) in [6.07, 6.45) is 2.64. The van der Waals surface area contributed by atoms with E-state index in [9.17, 15) is 0 Å². The van der Waals surface area contributed by atoms with Crippen LogP contribution in [0.15, 0.2) is 22.8 Å². The number of hydrogen-bond donors (Lipinski definition) is 0. The second kappa shape index (κ2) is 4.30. The Kier molecular flexibility index (Phi) is 3.06. The van der Waals surface area contributed by atoms with Gasteiger partial charge in [-0.15, -0.1) is 0 Å². The molecule has 0 amide bonds. The van der Waals surface area contributed by atoms with Crippen LogP contribution in [0.4, 0.5) is 5.82 Å². The number of piperidine rings is 1. The first-order valence-electron chi connectivity index (χ1n) is 5.13. The Morgan fingerprint density at radius 1 is 1.50 bits per heavy atom. The fourth-order valence-electron chi connectivity index (χ4n) is 1.97. The van der Waals surface area contributed by atoms with Crippen molar-refractivity contribution in [3.8, 4) is 0 Å². The van der Waals surface area contributed by atoms with Crippen molar-refractivity contribution in [2.24, 2.45) is 5.92 Å². The Morgan fingerprint density at radius 3 is 3.07 bits per heavy atom. The van der Waals surface area contributed by atoms with E-state index in [1.54, 1.807) is 0 Å². The first-order chi connectivity index (χ1) is 6.75. The quantitative estimate of drug-likeness (QED) is 0.717. The van der Waals surface area contributed by atoms with Gasteiger partial charge in [-0.3, -0.25) is 0 Å². The van der Waals surface area contributed by atoms with Crippen molar-refractivity contribution >= 4 is 21.7 Å². The Balaban J connectivity index is 2.14. The molecular weight excluding hydrogens is 240 g/mol. The third-order valence-corrected chi connectivity index (χ3v) is 3.12. The molecule has 1 aliphatic rings. The predicted octanol–water partition coefficient (Wildman–Crippen LogP) is 3.08. The third kappa shape index (κ3) is 2.27. The van der Waals surface area contributed by atoms with Gasteiger partial charge in [-0.25, -0.2) is 4.98 Å². The first kappa shape index (κ1) is 9.97. The van der Waals surface area contributed by atoms with Gasteiger partial charge >= 0.3 is 0 Å². The minimum Gasteiger partial charge on any atom is -0.356 e. The van der Waals surface area contributed by atoms with Crippen molar-refractivity contribution in [3.05, 3.63) is 22.8 Å². The van der Waals surface area contributed by atoms with Crippen LogP contribution < -0.4 is 4.90 Å². The zero-order valence-electron chi connectivity index (χ0n) is 8.41. The van der Waals surface area contributed by atoms with Gasteiger partial charge in [0.05, 0.1) is 0 Å². The highest BCUT2D eigenvalue weighted by atomic mass is 79.9. The van der Waals surface area contributed by atoms with Gasteiger partial charge in [0.15, 0.2) is 0 Å². The van der Waals surface area contributed by atoms with E-state index in [4.69, 9.17) is 0 Å². The van der Waals surface area contributed by atoms with Crippen LogP contribution in [-0.4, -0.2) is 18.1 Å². The molecule has 0 N–H and O–H groups in total. The molecule has 1 aromatic heterocycles. The van der Waals surface area contributed by atoms with Crippen LogP contribution in [0.5, 0.6) is 0 Å². The average Bonchev–Trinajstić information content (AvgIpc) is 2.18. The normalized spacial score (nSPS) is 22.4. The van der Waals surface area contributed by atoms with Crippen LogP contribution in [0.25, 0.3) is 0 Å². The minimum absolute atomic E-state index is 0.796. The largest absolute Gasteiger partial charge is 0.356 e. The molecule has 0 spiro atoms. The lowest BCUT2D eigenvalue weighted by atomic mass is 10.0. The molecule has 0 radical (unpaired) electrons. The van der Waals surface area contributed by atoms with Crippen molar-refractivity contribution in [2.45, 2.75) is 19.8 Å². The Hall–Kier alpha value is -0.570. The molecule has 1 aliphatic heterocycles. The van der Waals surface area contributed by atoms with Gasteiger partial charge in [-0.2, -0.15) is 0 Å². The van der Waals surface area contributed by atoms with Crippen LogP contribution in [0, 0.1) is 5.92 Å². The lowest BCUT2D eigenvalue weighted by Gasteiger charge is -2.31. The molecule has 1 aromatic rings. The molecule has 1 atom stereocenters. The van der Waals surface area contributed by atoms with Gasteiger partial charge in [-0.05, 0) is 46.8 Å². The van der Waals surface area contributed by atoms with Crippen LogP contribution in [0.1, 0.15) is 19.8 Å². The van der Waals surface area contributed by atoms with Gasteiger partial charge in [0.25, 0.3) is 0 Å². The maximum atomic E-state index is 4.47. The number of rotatable bonds is 1. The zero-order valence-corrected chi connectivity index (χ0v) is 10.00. The standard InChI is InChI=1S/C11H15BrN2/c1-9-4-3-7-14(8-9)11-6-2-5-10(12)13-11/h2,5-6,9H,3-4,7-8H2,1H3/t9-/m1/s1. The van der Waals surface area contributed by atoms with Crippen molar-refractivity contribution in [3.63, 3.8) is 0 Å². The minimum atomic E-state index is 0.796. The first-order valence-corrected chi connectivity index (χ1v) is 5.92. The molecule has 0 saturated carbocycles. The summed E-state index contributed by atoms with van der Waals surface area (Å²) in [5, 5.41) is 0. The maximum Gasteiger partial charge on any atom is 0.129 e. The molecular formula is C11H15BrN2. The van der Waals surface area contributed by atoms with Gasteiger partial charge in [0.2, 0.25) is 0 Å². The molecule has 0 aromatic carbocycles. The molecule has 2 nitrogen and oxygen atoms in total. The van der Waals surface area contributed by atoms with Gasteiger partial charge in [-0.1, -0.05) is 13.0 Å². The van der Waals surface area contributed by atoms with E-state index < -0.39 is 0 Å². The van der Waals surface area contributed by atoms with E-state index in [0.29, 0.717) is 0 Å². The predicted molar refractivity (Wildman–Crippen MR) is 62.5 cm³/mol. The van der Waals surface area contributed by atoms with Gasteiger partial charge in [0, 0.05) is 13.1 Å². The summed E-state index contributed by atoms with van der Waals surface area (Å²) in [6, 6.07) is 6.10. The number of anilines is 1. The number of hydrogen-bond acceptors (Lipinski definition) is 2.